The predicted octanol–water partition coefficient (Wildman–Crippen LogP) is 4.57. The number of hydrogen-bond acceptors (Lipinski definition) is 5. The second-order valence-corrected chi connectivity index (χ2v) is 7.85. The van der Waals surface area contributed by atoms with E-state index in [9.17, 15) is 18.0 Å². The Labute approximate surface area is 188 Å². The second-order valence-electron chi connectivity index (χ2n) is 7.85. The van der Waals surface area contributed by atoms with Crippen molar-refractivity contribution in [1.29, 1.82) is 0 Å². The van der Waals surface area contributed by atoms with Crippen LogP contribution in [-0.4, -0.2) is 39.0 Å². The van der Waals surface area contributed by atoms with Crippen LogP contribution in [0, 0.1) is 0 Å². The van der Waals surface area contributed by atoms with Gasteiger partial charge in [-0.05, 0) is 42.0 Å². The molecule has 1 N–H and O–H groups in total. The summed E-state index contributed by atoms with van der Waals surface area (Å²) in [5.41, 5.74) is 2.49. The molecule has 6 nitrogen and oxygen atoms in total. The Kier molecular flexibility index (Phi) is 6.60. The highest BCUT2D eigenvalue weighted by atomic mass is 19.4. The van der Waals surface area contributed by atoms with E-state index >= 15 is 0 Å². The van der Waals surface area contributed by atoms with Crippen LogP contribution in [-0.2, 0) is 30.5 Å². The molecule has 0 radical (unpaired) electrons. The number of ether oxygens (including phenoxy) is 1. The van der Waals surface area contributed by atoms with Gasteiger partial charge in [-0.1, -0.05) is 12.1 Å². The lowest BCUT2D eigenvalue weighted by Crippen LogP contribution is -2.33. The van der Waals surface area contributed by atoms with E-state index in [1.807, 2.05) is 12.1 Å². The smallest absolute Gasteiger partial charge is 0.416 e. The summed E-state index contributed by atoms with van der Waals surface area (Å²) in [4.78, 5) is 22.0. The number of alkyl halides is 3. The van der Waals surface area contributed by atoms with Gasteiger partial charge in [0.05, 0.1) is 17.7 Å². The molecule has 0 aliphatic carbocycles. The SMILES string of the molecule is O=C(O)CCN1CCc2nc(-c3ccc(OCc4cccc(C(F)(F)F)c4)cc3)ncc2C1. The summed E-state index contributed by atoms with van der Waals surface area (Å²) >= 11 is 0. The van der Waals surface area contributed by atoms with Gasteiger partial charge < -0.3 is 9.84 Å². The Bertz CT molecular complexity index is 1130. The average molecular weight is 457 g/mol. The van der Waals surface area contributed by atoms with Crippen molar-refractivity contribution in [3.05, 3.63) is 77.1 Å². The molecule has 0 saturated carbocycles. The molecule has 0 amide bonds. The number of nitrogens with zero attached hydrogens (tertiary/aromatic N) is 3. The number of benzene rings is 2. The third kappa shape index (κ3) is 5.87. The van der Waals surface area contributed by atoms with Crippen LogP contribution in [0.15, 0.2) is 54.7 Å². The Morgan fingerprint density at radius 1 is 1.15 bits per heavy atom. The van der Waals surface area contributed by atoms with E-state index in [1.165, 1.54) is 6.07 Å². The fourth-order valence-electron chi connectivity index (χ4n) is 3.66. The Morgan fingerprint density at radius 2 is 1.94 bits per heavy atom. The first-order valence-electron chi connectivity index (χ1n) is 10.5. The van der Waals surface area contributed by atoms with E-state index in [2.05, 4.69) is 14.9 Å². The summed E-state index contributed by atoms with van der Waals surface area (Å²) in [5.74, 6) is 0.301. The molecule has 4 rings (SSSR count). The van der Waals surface area contributed by atoms with Crippen molar-refractivity contribution in [3.63, 3.8) is 0 Å². The first-order valence-corrected chi connectivity index (χ1v) is 10.5. The minimum atomic E-state index is -4.39. The normalized spacial score (nSPS) is 14.0. The summed E-state index contributed by atoms with van der Waals surface area (Å²) < 4.78 is 44.2. The van der Waals surface area contributed by atoms with Gasteiger partial charge >= 0.3 is 12.1 Å². The van der Waals surface area contributed by atoms with Gasteiger partial charge in [-0.2, -0.15) is 13.2 Å². The average Bonchev–Trinajstić information content (AvgIpc) is 2.81. The minimum absolute atomic E-state index is 0.0248. The molecule has 0 spiro atoms. The Balaban J connectivity index is 1.38. The topological polar surface area (TPSA) is 75.5 Å². The molecular formula is C24H22F3N3O3. The maximum Gasteiger partial charge on any atom is 0.416 e. The van der Waals surface area contributed by atoms with Crippen molar-refractivity contribution >= 4 is 5.97 Å². The lowest BCUT2D eigenvalue weighted by molar-refractivity contribution is -0.138. The van der Waals surface area contributed by atoms with E-state index in [4.69, 9.17) is 9.84 Å². The number of carbonyl (C=O) groups is 1. The standard InChI is InChI=1S/C24H22F3N3O3/c25-24(26,27)19-3-1-2-16(12-19)15-33-20-6-4-17(5-7-20)23-28-13-18-14-30(11-9-22(31)32)10-8-21(18)29-23/h1-7,12-13H,8-11,14-15H2,(H,31,32). The van der Waals surface area contributed by atoms with Gasteiger partial charge in [0, 0.05) is 43.4 Å². The molecule has 0 atom stereocenters. The molecule has 0 fully saturated rings. The minimum Gasteiger partial charge on any atom is -0.489 e. The van der Waals surface area contributed by atoms with Crippen LogP contribution in [0.3, 0.4) is 0 Å². The van der Waals surface area contributed by atoms with E-state index in [0.29, 0.717) is 30.2 Å². The molecule has 1 aliphatic heterocycles. The monoisotopic (exact) mass is 457 g/mol. The van der Waals surface area contributed by atoms with E-state index in [-0.39, 0.29) is 13.0 Å². The number of hydrogen-bond donors (Lipinski definition) is 1. The highest BCUT2D eigenvalue weighted by Crippen LogP contribution is 2.30. The van der Waals surface area contributed by atoms with Gasteiger partial charge in [0.25, 0.3) is 0 Å². The number of aromatic nitrogens is 2. The maximum atomic E-state index is 12.8. The zero-order chi connectivity index (χ0) is 23.4. The van der Waals surface area contributed by atoms with Gasteiger partial charge in [-0.25, -0.2) is 9.97 Å². The van der Waals surface area contributed by atoms with Crippen LogP contribution >= 0.6 is 0 Å². The number of halogens is 3. The summed E-state index contributed by atoms with van der Waals surface area (Å²) in [6.07, 6.45) is -1.77. The lowest BCUT2D eigenvalue weighted by atomic mass is 10.1. The van der Waals surface area contributed by atoms with Crippen molar-refractivity contribution < 1.29 is 27.8 Å². The number of rotatable bonds is 7. The molecular weight excluding hydrogens is 435 g/mol. The highest BCUT2D eigenvalue weighted by Gasteiger charge is 2.30. The number of carboxylic acid groups (broad SMARTS) is 1. The van der Waals surface area contributed by atoms with E-state index < -0.39 is 17.7 Å². The van der Waals surface area contributed by atoms with E-state index in [0.717, 1.165) is 41.9 Å². The summed E-state index contributed by atoms with van der Waals surface area (Å²) in [6, 6.07) is 12.2. The number of carboxylic acids is 1. The Hall–Kier alpha value is -3.46. The van der Waals surface area contributed by atoms with Gasteiger partial charge in [-0.3, -0.25) is 9.69 Å². The third-order valence-electron chi connectivity index (χ3n) is 5.43. The summed E-state index contributed by atoms with van der Waals surface area (Å²) in [7, 11) is 0. The first-order chi connectivity index (χ1) is 15.8. The molecule has 1 aromatic heterocycles. The summed E-state index contributed by atoms with van der Waals surface area (Å²) in [6.45, 7) is 1.90. The molecule has 0 saturated heterocycles. The van der Waals surface area contributed by atoms with Crippen molar-refractivity contribution in [1.82, 2.24) is 14.9 Å². The van der Waals surface area contributed by atoms with Gasteiger partial charge in [-0.15, -0.1) is 0 Å². The third-order valence-corrected chi connectivity index (χ3v) is 5.43. The van der Waals surface area contributed by atoms with Crippen LogP contribution < -0.4 is 4.74 Å². The maximum absolute atomic E-state index is 12.8. The highest BCUT2D eigenvalue weighted by molar-refractivity contribution is 5.66. The fourth-order valence-corrected chi connectivity index (χ4v) is 3.66. The molecule has 0 unspecified atom stereocenters. The molecule has 3 aromatic rings. The fraction of sp³-hybridized carbons (Fsp3) is 0.292. The van der Waals surface area contributed by atoms with Crippen LogP contribution in [0.4, 0.5) is 13.2 Å². The van der Waals surface area contributed by atoms with Gasteiger partial charge in [0.2, 0.25) is 0 Å². The predicted molar refractivity (Wildman–Crippen MR) is 114 cm³/mol. The molecule has 33 heavy (non-hydrogen) atoms. The van der Waals surface area contributed by atoms with Gasteiger partial charge in [0.15, 0.2) is 5.82 Å². The molecule has 9 heteroatoms. The molecule has 172 valence electrons. The zero-order valence-corrected chi connectivity index (χ0v) is 17.7. The lowest BCUT2D eigenvalue weighted by Gasteiger charge is -2.27. The van der Waals surface area contributed by atoms with Crippen molar-refractivity contribution in [2.45, 2.75) is 32.2 Å². The largest absolute Gasteiger partial charge is 0.489 e. The van der Waals surface area contributed by atoms with Crippen LogP contribution in [0.25, 0.3) is 11.4 Å². The second kappa shape index (κ2) is 9.58. The van der Waals surface area contributed by atoms with Crippen molar-refractivity contribution in [3.8, 4) is 17.1 Å². The van der Waals surface area contributed by atoms with Crippen molar-refractivity contribution in [2.24, 2.45) is 0 Å². The molecule has 2 heterocycles. The van der Waals surface area contributed by atoms with Crippen LogP contribution in [0.5, 0.6) is 5.75 Å². The van der Waals surface area contributed by atoms with Crippen molar-refractivity contribution in [2.75, 3.05) is 13.1 Å². The summed E-state index contributed by atoms with van der Waals surface area (Å²) in [5, 5.41) is 8.85. The molecule has 2 aromatic carbocycles. The van der Waals surface area contributed by atoms with Crippen LogP contribution in [0.2, 0.25) is 0 Å². The Morgan fingerprint density at radius 3 is 2.67 bits per heavy atom. The van der Waals surface area contributed by atoms with Gasteiger partial charge in [0.1, 0.15) is 12.4 Å². The number of aliphatic carboxylic acids is 1. The molecule has 1 aliphatic rings. The quantitative estimate of drug-likeness (QED) is 0.560. The molecule has 0 bridgehead atoms. The van der Waals surface area contributed by atoms with E-state index in [1.54, 1.807) is 24.4 Å². The van der Waals surface area contributed by atoms with Crippen LogP contribution in [0.1, 0.15) is 28.8 Å². The first kappa shape index (κ1) is 22.7. The number of fused-ring (bicyclic) bond motifs is 1. The zero-order valence-electron chi connectivity index (χ0n) is 17.7.